The highest BCUT2D eigenvalue weighted by Crippen LogP contribution is 2.13. The average molecular weight is 195 g/mol. The largest absolute Gasteiger partial charge is 0.234 e. The summed E-state index contributed by atoms with van der Waals surface area (Å²) < 4.78 is 1.71. The molecule has 0 bridgehead atoms. The van der Waals surface area contributed by atoms with Gasteiger partial charge in [-0.2, -0.15) is 4.68 Å². The van der Waals surface area contributed by atoms with Crippen molar-refractivity contribution in [2.24, 2.45) is 0 Å². The summed E-state index contributed by atoms with van der Waals surface area (Å²) in [6.45, 7) is 5.68. The molecule has 2 rings (SSSR count). The summed E-state index contributed by atoms with van der Waals surface area (Å²) in [5.41, 5.74) is 0. The predicted molar refractivity (Wildman–Crippen MR) is 49.0 cm³/mol. The van der Waals surface area contributed by atoms with Crippen molar-refractivity contribution in [3.8, 4) is 5.13 Å². The van der Waals surface area contributed by atoms with Gasteiger partial charge in [-0.1, -0.05) is 11.3 Å². The van der Waals surface area contributed by atoms with Gasteiger partial charge < -0.3 is 0 Å². The maximum Gasteiger partial charge on any atom is 0.234 e. The minimum atomic E-state index is 0.755. The molecule has 2 aromatic heterocycles. The third-order valence-corrected chi connectivity index (χ3v) is 2.39. The van der Waals surface area contributed by atoms with Crippen molar-refractivity contribution in [2.45, 2.75) is 20.8 Å². The van der Waals surface area contributed by atoms with Crippen molar-refractivity contribution in [3.05, 3.63) is 16.7 Å². The molecule has 0 saturated heterocycles. The zero-order valence-electron chi connectivity index (χ0n) is 7.64. The van der Waals surface area contributed by atoms with E-state index >= 15 is 0 Å². The van der Waals surface area contributed by atoms with E-state index in [0.29, 0.717) is 0 Å². The van der Waals surface area contributed by atoms with Crippen LogP contribution in [0, 0.1) is 20.8 Å². The summed E-state index contributed by atoms with van der Waals surface area (Å²) >= 11 is 1.51. The number of aryl methyl sites for hydroxylation is 3. The molecule has 0 aliphatic rings. The lowest BCUT2D eigenvalue weighted by atomic mass is 10.7. The highest BCUT2D eigenvalue weighted by molar-refractivity contribution is 7.13. The fraction of sp³-hybridized carbons (Fsp3) is 0.429. The highest BCUT2D eigenvalue weighted by atomic mass is 32.1. The Balaban J connectivity index is 2.51. The molecular formula is C7H9N5S. The topological polar surface area (TPSA) is 56.5 Å². The van der Waals surface area contributed by atoms with Crippen LogP contribution in [0.3, 0.4) is 0 Å². The molecule has 0 aromatic carbocycles. The van der Waals surface area contributed by atoms with Gasteiger partial charge in [0.05, 0.1) is 0 Å². The van der Waals surface area contributed by atoms with Crippen molar-refractivity contribution in [2.75, 3.05) is 0 Å². The first-order valence-corrected chi connectivity index (χ1v) is 4.69. The SMILES string of the molecule is Cc1nc(C)n(-c2nnc(C)s2)n1. The summed E-state index contributed by atoms with van der Waals surface area (Å²) in [6.07, 6.45) is 0. The second kappa shape index (κ2) is 2.88. The zero-order valence-corrected chi connectivity index (χ0v) is 8.46. The Morgan fingerprint density at radius 1 is 1.15 bits per heavy atom. The lowest BCUT2D eigenvalue weighted by Gasteiger charge is -1.93. The molecule has 0 fully saturated rings. The predicted octanol–water partition coefficient (Wildman–Crippen LogP) is 1.04. The quantitative estimate of drug-likeness (QED) is 0.682. The van der Waals surface area contributed by atoms with Crippen LogP contribution in [0.1, 0.15) is 16.7 Å². The highest BCUT2D eigenvalue weighted by Gasteiger charge is 2.08. The Bertz CT molecular complexity index is 430. The van der Waals surface area contributed by atoms with Gasteiger partial charge in [0.2, 0.25) is 5.13 Å². The maximum absolute atomic E-state index is 4.21. The van der Waals surface area contributed by atoms with Gasteiger partial charge in [-0.3, -0.25) is 0 Å². The lowest BCUT2D eigenvalue weighted by Crippen LogP contribution is -1.98. The van der Waals surface area contributed by atoms with Crippen molar-refractivity contribution in [1.29, 1.82) is 0 Å². The van der Waals surface area contributed by atoms with Crippen LogP contribution >= 0.6 is 11.3 Å². The molecule has 0 spiro atoms. The van der Waals surface area contributed by atoms with Crippen LogP contribution in [0.25, 0.3) is 5.13 Å². The Hall–Kier alpha value is -1.30. The number of rotatable bonds is 1. The molecule has 0 N–H and O–H groups in total. The normalized spacial score (nSPS) is 10.7. The molecule has 0 radical (unpaired) electrons. The van der Waals surface area contributed by atoms with Gasteiger partial charge in [-0.05, 0) is 20.8 Å². The smallest absolute Gasteiger partial charge is 0.217 e. The van der Waals surface area contributed by atoms with Crippen LogP contribution in [-0.4, -0.2) is 25.0 Å². The van der Waals surface area contributed by atoms with Crippen LogP contribution in [0.2, 0.25) is 0 Å². The van der Waals surface area contributed by atoms with Gasteiger partial charge in [0.15, 0.2) is 0 Å². The fourth-order valence-corrected chi connectivity index (χ4v) is 1.76. The first-order chi connectivity index (χ1) is 6.16. The minimum Gasteiger partial charge on any atom is -0.217 e. The van der Waals surface area contributed by atoms with Crippen LogP contribution in [-0.2, 0) is 0 Å². The second-order valence-electron chi connectivity index (χ2n) is 2.72. The Kier molecular flexibility index (Phi) is 1.84. The van der Waals surface area contributed by atoms with E-state index in [9.17, 15) is 0 Å². The molecule has 0 atom stereocenters. The molecule has 5 nitrogen and oxygen atoms in total. The molecule has 2 heterocycles. The number of aromatic nitrogens is 5. The Labute approximate surface area is 79.5 Å². The third kappa shape index (κ3) is 1.44. The number of hydrogen-bond acceptors (Lipinski definition) is 5. The van der Waals surface area contributed by atoms with E-state index in [-0.39, 0.29) is 0 Å². The molecular weight excluding hydrogens is 186 g/mol. The van der Waals surface area contributed by atoms with E-state index in [4.69, 9.17) is 0 Å². The van der Waals surface area contributed by atoms with E-state index in [0.717, 1.165) is 21.8 Å². The van der Waals surface area contributed by atoms with E-state index in [2.05, 4.69) is 20.3 Å². The van der Waals surface area contributed by atoms with Crippen molar-refractivity contribution >= 4 is 11.3 Å². The Morgan fingerprint density at radius 3 is 2.38 bits per heavy atom. The summed E-state index contributed by atoms with van der Waals surface area (Å²) in [6, 6.07) is 0. The second-order valence-corrected chi connectivity index (χ2v) is 3.88. The van der Waals surface area contributed by atoms with Gasteiger partial charge in [0.25, 0.3) is 0 Å². The zero-order chi connectivity index (χ0) is 9.42. The molecule has 0 saturated carbocycles. The molecule has 0 aliphatic carbocycles. The molecule has 6 heteroatoms. The molecule has 0 amide bonds. The minimum absolute atomic E-state index is 0.755. The molecule has 13 heavy (non-hydrogen) atoms. The Morgan fingerprint density at radius 2 is 1.92 bits per heavy atom. The fourth-order valence-electron chi connectivity index (χ4n) is 1.07. The summed E-state index contributed by atoms with van der Waals surface area (Å²) in [5, 5.41) is 13.8. The number of nitrogens with zero attached hydrogens (tertiary/aromatic N) is 5. The third-order valence-electron chi connectivity index (χ3n) is 1.57. The van der Waals surface area contributed by atoms with E-state index < -0.39 is 0 Å². The van der Waals surface area contributed by atoms with Gasteiger partial charge in [0, 0.05) is 0 Å². The van der Waals surface area contributed by atoms with Crippen LogP contribution in [0.4, 0.5) is 0 Å². The van der Waals surface area contributed by atoms with Crippen molar-refractivity contribution in [3.63, 3.8) is 0 Å². The summed E-state index contributed by atoms with van der Waals surface area (Å²) in [5.74, 6) is 1.60. The van der Waals surface area contributed by atoms with Crippen LogP contribution in [0.15, 0.2) is 0 Å². The standard InChI is InChI=1S/C7H9N5S/c1-4-8-5(2)12(11-4)7-10-9-6(3)13-7/h1-3H3. The molecule has 0 aliphatic heterocycles. The van der Waals surface area contributed by atoms with Gasteiger partial charge in [-0.15, -0.1) is 15.3 Å². The van der Waals surface area contributed by atoms with Crippen LogP contribution in [0.5, 0.6) is 0 Å². The van der Waals surface area contributed by atoms with E-state index in [1.807, 2.05) is 20.8 Å². The van der Waals surface area contributed by atoms with Gasteiger partial charge in [-0.25, -0.2) is 4.98 Å². The van der Waals surface area contributed by atoms with E-state index in [1.165, 1.54) is 11.3 Å². The number of hydrogen-bond donors (Lipinski definition) is 0. The molecule has 0 unspecified atom stereocenters. The monoisotopic (exact) mass is 195 g/mol. The van der Waals surface area contributed by atoms with Crippen LogP contribution < -0.4 is 0 Å². The first kappa shape index (κ1) is 8.31. The summed E-state index contributed by atoms with van der Waals surface area (Å²) in [4.78, 5) is 4.19. The molecule has 68 valence electrons. The molecule has 2 aromatic rings. The maximum atomic E-state index is 4.21. The van der Waals surface area contributed by atoms with Gasteiger partial charge in [0.1, 0.15) is 16.7 Å². The lowest BCUT2D eigenvalue weighted by molar-refractivity contribution is 0.804. The van der Waals surface area contributed by atoms with Crippen molar-refractivity contribution < 1.29 is 0 Å². The average Bonchev–Trinajstić information content (AvgIpc) is 2.58. The van der Waals surface area contributed by atoms with E-state index in [1.54, 1.807) is 4.68 Å². The van der Waals surface area contributed by atoms with Crippen molar-refractivity contribution in [1.82, 2.24) is 25.0 Å². The summed E-state index contributed by atoms with van der Waals surface area (Å²) in [7, 11) is 0. The first-order valence-electron chi connectivity index (χ1n) is 3.87. The van der Waals surface area contributed by atoms with Gasteiger partial charge >= 0.3 is 0 Å².